The Morgan fingerprint density at radius 2 is 1.05 bits per heavy atom. The van der Waals surface area contributed by atoms with Gasteiger partial charge in [-0.3, -0.25) is 0 Å². The fourth-order valence-corrected chi connectivity index (χ4v) is 13.0. The Bertz CT molecular complexity index is 2750. The molecule has 8 heteroatoms. The maximum absolute atomic E-state index is 12.9. The Morgan fingerprint density at radius 1 is 0.554 bits per heavy atom. The summed E-state index contributed by atoms with van der Waals surface area (Å²) in [6.45, 7) is 2.02. The van der Waals surface area contributed by atoms with E-state index < -0.39 is 25.4 Å². The number of hydrogen-bond donors (Lipinski definition) is 1. The molecule has 8 aromatic rings. The molecule has 0 unspecified atom stereocenters. The van der Waals surface area contributed by atoms with Crippen molar-refractivity contribution < 1.29 is 28.5 Å². The predicted molar refractivity (Wildman–Crippen MR) is 261 cm³/mol. The SMILES string of the molecule is COc1cc(OCc2ccc(-c3ccc([P+](c4ccccc4)(c4ccccc4)c4ccccc4)cc3)cc2)ccc1COC(=O)[C@H](C)NC(=O)OCC1c2ccccc2-c2ccccc21. The van der Waals surface area contributed by atoms with Gasteiger partial charge in [0.25, 0.3) is 0 Å². The average molecular weight is 875 g/mol. The molecule has 9 rings (SSSR count). The molecule has 322 valence electrons. The fraction of sp³-hybridized carbons (Fsp3) is 0.123. The van der Waals surface area contributed by atoms with E-state index in [1.807, 2.05) is 36.4 Å². The van der Waals surface area contributed by atoms with Crippen molar-refractivity contribution in [3.05, 3.63) is 229 Å². The normalized spacial score (nSPS) is 12.3. The van der Waals surface area contributed by atoms with Crippen LogP contribution in [0.2, 0.25) is 0 Å². The van der Waals surface area contributed by atoms with Crippen molar-refractivity contribution >= 4 is 40.5 Å². The summed E-state index contributed by atoms with van der Waals surface area (Å²) < 4.78 is 23.0. The van der Waals surface area contributed by atoms with Gasteiger partial charge in [-0.1, -0.05) is 140 Å². The van der Waals surface area contributed by atoms with E-state index >= 15 is 0 Å². The summed E-state index contributed by atoms with van der Waals surface area (Å²) in [5.41, 5.74) is 8.44. The summed E-state index contributed by atoms with van der Waals surface area (Å²) in [6, 6.07) is 70.9. The van der Waals surface area contributed by atoms with Crippen molar-refractivity contribution in [3.8, 4) is 33.8 Å². The van der Waals surface area contributed by atoms with Crippen LogP contribution in [0.5, 0.6) is 11.5 Å². The molecule has 0 radical (unpaired) electrons. The molecule has 8 aromatic carbocycles. The Balaban J connectivity index is 0.798. The summed E-state index contributed by atoms with van der Waals surface area (Å²) in [4.78, 5) is 25.7. The van der Waals surface area contributed by atoms with Crippen molar-refractivity contribution in [2.24, 2.45) is 0 Å². The molecule has 0 bridgehead atoms. The molecule has 1 N–H and O–H groups in total. The van der Waals surface area contributed by atoms with Crippen LogP contribution in [0.25, 0.3) is 22.3 Å². The Kier molecular flexibility index (Phi) is 12.8. The summed E-state index contributed by atoms with van der Waals surface area (Å²) in [5.74, 6) is 0.453. The molecule has 0 fully saturated rings. The van der Waals surface area contributed by atoms with Gasteiger partial charge in [0.1, 0.15) is 65.8 Å². The van der Waals surface area contributed by atoms with Gasteiger partial charge in [0.2, 0.25) is 0 Å². The Morgan fingerprint density at radius 3 is 1.58 bits per heavy atom. The fourth-order valence-electron chi connectivity index (χ4n) is 8.77. The second kappa shape index (κ2) is 19.5. The molecule has 0 heterocycles. The number of methoxy groups -OCH3 is 1. The first-order valence-corrected chi connectivity index (χ1v) is 23.5. The van der Waals surface area contributed by atoms with Crippen LogP contribution in [-0.4, -0.2) is 31.8 Å². The molecule has 7 nitrogen and oxygen atoms in total. The van der Waals surface area contributed by atoms with E-state index in [2.05, 4.69) is 169 Å². The quantitative estimate of drug-likeness (QED) is 0.0816. The first-order valence-electron chi connectivity index (χ1n) is 21.8. The van der Waals surface area contributed by atoms with Crippen molar-refractivity contribution in [2.45, 2.75) is 32.1 Å². The zero-order valence-corrected chi connectivity index (χ0v) is 37.2. The van der Waals surface area contributed by atoms with Crippen LogP contribution < -0.4 is 36.0 Å². The summed E-state index contributed by atoms with van der Waals surface area (Å²) in [7, 11) is -0.615. The molecular weight excluding hydrogens is 826 g/mol. The number of amides is 1. The number of esters is 1. The molecule has 1 atom stereocenters. The van der Waals surface area contributed by atoms with Crippen molar-refractivity contribution in [2.75, 3.05) is 13.7 Å². The number of alkyl carbamates (subject to hydrolysis) is 1. The van der Waals surface area contributed by atoms with E-state index in [0.717, 1.165) is 38.9 Å². The lowest BCUT2D eigenvalue weighted by Crippen LogP contribution is -2.40. The van der Waals surface area contributed by atoms with Crippen LogP contribution in [0.3, 0.4) is 0 Å². The molecular formula is C57H49NO6P+. The van der Waals surface area contributed by atoms with Gasteiger partial charge in [0, 0.05) is 17.5 Å². The van der Waals surface area contributed by atoms with E-state index in [-0.39, 0.29) is 19.1 Å². The minimum Gasteiger partial charge on any atom is -0.496 e. The minimum absolute atomic E-state index is 0.0467. The standard InChI is InChI=1S/C57H48NO6P/c1-40(58-57(60)64-39-54-52-24-14-12-22-50(52)51-23-13-15-25-53(51)54)56(59)63-38-44-30-33-45(36-55(44)61-2)62-37-41-26-28-42(29-27-41)43-31-34-49(35-32-43)65(46-16-6-3-7-17-46,47-18-8-4-9-19-47)48-20-10-5-11-21-48/h3-36,40,54H,37-39H2,1-2H3/p+1/t40-/m0/s1. The van der Waals surface area contributed by atoms with Gasteiger partial charge >= 0.3 is 12.1 Å². The van der Waals surface area contributed by atoms with Gasteiger partial charge in [0.15, 0.2) is 0 Å². The van der Waals surface area contributed by atoms with E-state index in [4.69, 9.17) is 18.9 Å². The van der Waals surface area contributed by atoms with Crippen LogP contribution in [-0.2, 0) is 27.5 Å². The third kappa shape index (κ3) is 9.02. The highest BCUT2D eigenvalue weighted by molar-refractivity contribution is 8.01. The Hall–Kier alpha value is -7.47. The second-order valence-electron chi connectivity index (χ2n) is 16.0. The maximum atomic E-state index is 12.9. The van der Waals surface area contributed by atoms with Crippen molar-refractivity contribution in [3.63, 3.8) is 0 Å². The van der Waals surface area contributed by atoms with Crippen molar-refractivity contribution in [1.29, 1.82) is 0 Å². The minimum atomic E-state index is -2.17. The summed E-state index contributed by atoms with van der Waals surface area (Å²) in [6.07, 6.45) is -0.687. The number of nitrogens with one attached hydrogen (secondary N) is 1. The molecule has 65 heavy (non-hydrogen) atoms. The molecule has 1 aliphatic rings. The lowest BCUT2D eigenvalue weighted by molar-refractivity contribution is -0.146. The summed E-state index contributed by atoms with van der Waals surface area (Å²) >= 11 is 0. The lowest BCUT2D eigenvalue weighted by atomic mass is 9.98. The van der Waals surface area contributed by atoms with Gasteiger partial charge in [-0.25, -0.2) is 9.59 Å². The largest absolute Gasteiger partial charge is 0.496 e. The predicted octanol–water partition coefficient (Wildman–Crippen LogP) is 10.5. The maximum Gasteiger partial charge on any atom is 0.407 e. The molecule has 1 amide bonds. The molecule has 0 saturated heterocycles. The highest BCUT2D eigenvalue weighted by Gasteiger charge is 2.47. The Labute approximate surface area is 381 Å². The topological polar surface area (TPSA) is 83.1 Å². The number of carbonyl (C=O) groups is 2. The molecule has 0 aromatic heterocycles. The van der Waals surface area contributed by atoms with E-state index in [9.17, 15) is 9.59 Å². The smallest absolute Gasteiger partial charge is 0.407 e. The van der Waals surface area contributed by atoms with Crippen molar-refractivity contribution in [1.82, 2.24) is 5.32 Å². The first-order chi connectivity index (χ1) is 31.9. The third-order valence-corrected chi connectivity index (χ3v) is 16.3. The van der Waals surface area contributed by atoms with Gasteiger partial charge in [-0.2, -0.15) is 0 Å². The zero-order chi connectivity index (χ0) is 44.6. The zero-order valence-electron chi connectivity index (χ0n) is 36.3. The highest BCUT2D eigenvalue weighted by Crippen LogP contribution is 2.54. The molecule has 1 aliphatic carbocycles. The van der Waals surface area contributed by atoms with Gasteiger partial charge in [-0.15, -0.1) is 0 Å². The number of rotatable bonds is 15. The molecule has 0 aliphatic heterocycles. The number of benzene rings is 8. The molecule has 0 spiro atoms. The number of carbonyl (C=O) groups excluding carboxylic acids is 2. The monoisotopic (exact) mass is 874 g/mol. The lowest BCUT2D eigenvalue weighted by Gasteiger charge is -2.27. The number of hydrogen-bond acceptors (Lipinski definition) is 6. The first kappa shape index (κ1) is 42.8. The van der Waals surface area contributed by atoms with Gasteiger partial charge in [0.05, 0.1) is 7.11 Å². The van der Waals surface area contributed by atoms with Crippen LogP contribution in [0, 0.1) is 0 Å². The highest BCUT2D eigenvalue weighted by atomic mass is 31.2. The van der Waals surface area contributed by atoms with E-state index in [1.165, 1.54) is 21.2 Å². The average Bonchev–Trinajstić information content (AvgIpc) is 3.69. The summed E-state index contributed by atoms with van der Waals surface area (Å²) in [5, 5.41) is 7.86. The van der Waals surface area contributed by atoms with Crippen LogP contribution in [0.15, 0.2) is 206 Å². The van der Waals surface area contributed by atoms with E-state index in [0.29, 0.717) is 23.7 Å². The van der Waals surface area contributed by atoms with Crippen LogP contribution >= 0.6 is 7.26 Å². The van der Waals surface area contributed by atoms with Crippen LogP contribution in [0.1, 0.15) is 35.1 Å². The number of fused-ring (bicyclic) bond motifs is 3. The van der Waals surface area contributed by atoms with Gasteiger partial charge < -0.3 is 24.3 Å². The van der Waals surface area contributed by atoms with E-state index in [1.54, 1.807) is 20.1 Å². The third-order valence-electron chi connectivity index (χ3n) is 12.0. The van der Waals surface area contributed by atoms with Gasteiger partial charge in [-0.05, 0) is 107 Å². The van der Waals surface area contributed by atoms with Crippen LogP contribution in [0.4, 0.5) is 4.79 Å². The number of ether oxygens (including phenoxy) is 4. The molecule has 0 saturated carbocycles. The second-order valence-corrected chi connectivity index (χ2v) is 19.4.